The Morgan fingerprint density at radius 1 is 1.05 bits per heavy atom. The topological polar surface area (TPSA) is 53.0 Å². The van der Waals surface area contributed by atoms with E-state index in [4.69, 9.17) is 14.6 Å². The van der Waals surface area contributed by atoms with E-state index in [1.807, 2.05) is 13.8 Å². The van der Waals surface area contributed by atoms with Crippen molar-refractivity contribution >= 4 is 6.29 Å². The monoisotopic (exact) mass is 524 g/mol. The molecule has 37 heavy (non-hydrogen) atoms. The quantitative estimate of drug-likeness (QED) is 0.219. The van der Waals surface area contributed by atoms with Gasteiger partial charge in [0.05, 0.1) is 12.3 Å². The zero-order valence-corrected chi connectivity index (χ0v) is 25.0. The summed E-state index contributed by atoms with van der Waals surface area (Å²) in [6.45, 7) is 18.0. The lowest BCUT2D eigenvalue weighted by molar-refractivity contribution is -0.106. The summed E-state index contributed by atoms with van der Waals surface area (Å²) in [4.78, 5) is 13.3. The van der Waals surface area contributed by atoms with Crippen LogP contribution in [-0.2, 0) is 9.53 Å². The van der Waals surface area contributed by atoms with Crippen molar-refractivity contribution < 1.29 is 19.0 Å². The average molecular weight is 525 g/mol. The van der Waals surface area contributed by atoms with Crippen molar-refractivity contribution in [2.45, 2.75) is 92.9 Å². The van der Waals surface area contributed by atoms with Gasteiger partial charge in [-0.25, -0.2) is 0 Å². The Hall–Kier alpha value is -1.72. The van der Waals surface area contributed by atoms with E-state index in [9.17, 15) is 4.39 Å². The molecule has 1 aliphatic carbocycles. The summed E-state index contributed by atoms with van der Waals surface area (Å²) in [5.74, 6) is 0.415. The minimum atomic E-state index is -0.362. The first kappa shape index (κ1) is 37.4. The minimum absolute atomic E-state index is 0.178. The van der Waals surface area contributed by atoms with Crippen LogP contribution in [0.25, 0.3) is 0 Å². The van der Waals surface area contributed by atoms with E-state index in [1.165, 1.54) is 45.7 Å². The van der Waals surface area contributed by atoms with Crippen molar-refractivity contribution in [3.05, 3.63) is 41.1 Å². The van der Waals surface area contributed by atoms with Crippen LogP contribution >= 0.6 is 0 Å². The van der Waals surface area contributed by atoms with Crippen LogP contribution in [-0.4, -0.2) is 74.2 Å². The Bertz CT molecular complexity index is 651. The van der Waals surface area contributed by atoms with Gasteiger partial charge in [0.15, 0.2) is 5.83 Å². The molecule has 0 atom stereocenters. The second kappa shape index (κ2) is 27.3. The van der Waals surface area contributed by atoms with Gasteiger partial charge in [-0.3, -0.25) is 0 Å². The van der Waals surface area contributed by atoms with Crippen molar-refractivity contribution in [3.63, 3.8) is 0 Å². The normalized spacial score (nSPS) is 17.4. The number of ether oxygens (including phenoxy) is 1. The average Bonchev–Trinajstić information content (AvgIpc) is 3.13. The number of aliphatic hydroxyl groups excluding tert-OH is 1. The summed E-state index contributed by atoms with van der Waals surface area (Å²) in [6, 6.07) is 0. The van der Waals surface area contributed by atoms with Gasteiger partial charge in [0, 0.05) is 31.9 Å². The number of rotatable bonds is 7. The van der Waals surface area contributed by atoms with E-state index in [-0.39, 0.29) is 12.4 Å². The summed E-state index contributed by atoms with van der Waals surface area (Å²) in [5, 5.41) is 9.03. The molecule has 3 aliphatic rings. The highest BCUT2D eigenvalue weighted by atomic mass is 19.1. The largest absolute Gasteiger partial charge is 0.391 e. The molecule has 0 saturated carbocycles. The number of halogens is 1. The highest BCUT2D eigenvalue weighted by molar-refractivity contribution is 5.44. The van der Waals surface area contributed by atoms with E-state index < -0.39 is 0 Å². The van der Waals surface area contributed by atoms with Crippen molar-refractivity contribution in [2.24, 2.45) is 5.92 Å². The summed E-state index contributed by atoms with van der Waals surface area (Å²) in [6.07, 6.45) is 16.0. The van der Waals surface area contributed by atoms with Crippen molar-refractivity contribution in [1.29, 1.82) is 0 Å². The Kier molecular flexibility index (Phi) is 27.6. The summed E-state index contributed by atoms with van der Waals surface area (Å²) >= 11 is 0. The third-order valence-corrected chi connectivity index (χ3v) is 6.03. The summed E-state index contributed by atoms with van der Waals surface area (Å²) < 4.78 is 19.2. The van der Waals surface area contributed by atoms with Gasteiger partial charge in [-0.1, -0.05) is 59.3 Å². The second-order valence-corrected chi connectivity index (χ2v) is 9.08. The molecule has 0 aromatic heterocycles. The predicted molar refractivity (Wildman–Crippen MR) is 156 cm³/mol. The van der Waals surface area contributed by atoms with Crippen molar-refractivity contribution in [3.8, 4) is 0 Å². The molecule has 1 N–H and O–H groups in total. The van der Waals surface area contributed by atoms with E-state index >= 15 is 0 Å². The number of carbonyl (C=O) groups excluding carboxylic acids is 1. The van der Waals surface area contributed by atoms with Gasteiger partial charge in [-0.05, 0) is 83.7 Å². The molecular weight excluding hydrogens is 467 g/mol. The highest BCUT2D eigenvalue weighted by Gasteiger charge is 2.21. The maximum absolute atomic E-state index is 14.0. The number of likely N-dealkylation sites (tertiary alicyclic amines) is 2. The number of allylic oxidation sites excluding steroid dienone is 3. The molecule has 0 amide bonds. The van der Waals surface area contributed by atoms with Crippen LogP contribution in [0.4, 0.5) is 4.39 Å². The van der Waals surface area contributed by atoms with Gasteiger partial charge in [0.2, 0.25) is 0 Å². The summed E-state index contributed by atoms with van der Waals surface area (Å²) in [7, 11) is 2.19. The minimum Gasteiger partial charge on any atom is -0.391 e. The zero-order valence-electron chi connectivity index (χ0n) is 25.0. The maximum Gasteiger partial charge on any atom is 0.189 e. The lowest BCUT2D eigenvalue weighted by Gasteiger charge is -2.33. The molecular formula is C31H57FN2O3. The van der Waals surface area contributed by atoms with Crippen LogP contribution in [0, 0.1) is 5.92 Å². The van der Waals surface area contributed by atoms with E-state index in [1.54, 1.807) is 18.2 Å². The van der Waals surface area contributed by atoms with E-state index in [2.05, 4.69) is 43.3 Å². The van der Waals surface area contributed by atoms with Gasteiger partial charge in [-0.2, -0.15) is 4.39 Å². The molecule has 2 saturated heterocycles. The molecule has 0 bridgehead atoms. The fourth-order valence-corrected chi connectivity index (χ4v) is 3.94. The predicted octanol–water partition coefficient (Wildman–Crippen LogP) is 7.09. The number of aldehydes is 1. The molecule has 0 spiro atoms. The van der Waals surface area contributed by atoms with E-state index in [0.29, 0.717) is 11.3 Å². The third kappa shape index (κ3) is 20.0. The van der Waals surface area contributed by atoms with Crippen molar-refractivity contribution in [1.82, 2.24) is 9.80 Å². The Balaban J connectivity index is 0. The van der Waals surface area contributed by atoms with Crippen molar-refractivity contribution in [2.75, 3.05) is 53.0 Å². The number of piperidine rings is 2. The number of hydrogen-bond donors (Lipinski definition) is 1. The molecule has 6 heteroatoms. The fourth-order valence-electron chi connectivity index (χ4n) is 3.94. The van der Waals surface area contributed by atoms with Crippen LogP contribution in [0.15, 0.2) is 41.1 Å². The summed E-state index contributed by atoms with van der Waals surface area (Å²) in [5.41, 5.74) is 3.71. The molecule has 2 fully saturated rings. The maximum atomic E-state index is 14.0. The van der Waals surface area contributed by atoms with Gasteiger partial charge in [0.1, 0.15) is 6.29 Å². The Morgan fingerprint density at radius 3 is 2.00 bits per heavy atom. The SMILES string of the molecule is CC.CC=O.CCC1CCN(C2=CC=CC(CO)=C=C2F)CC1.CCCOCCC.CN1CCCCC1. The molecule has 0 unspecified atom stereocenters. The standard InChI is InChI=1S/C15H20FNO.C6H13N.C6H14O.C2H4O.C2H6/c1-2-12-6-8-17(9-7-12)15-5-3-4-13(11-18)10-14(15)16;1-7-5-3-2-4-6-7;1-3-5-7-6-4-2;1-2-3;1-2/h3-5,12,18H,2,6-9,11H2,1H3;2-6H2,1H3;3-6H2,1-2H3;2H,1H3;1-2H3. The smallest absolute Gasteiger partial charge is 0.189 e. The second-order valence-electron chi connectivity index (χ2n) is 9.08. The number of hydrogen-bond acceptors (Lipinski definition) is 5. The van der Waals surface area contributed by atoms with Crippen LogP contribution in [0.5, 0.6) is 0 Å². The molecule has 216 valence electrons. The Morgan fingerprint density at radius 2 is 1.59 bits per heavy atom. The molecule has 0 aromatic rings. The van der Waals surface area contributed by atoms with Crippen LogP contribution in [0.3, 0.4) is 0 Å². The van der Waals surface area contributed by atoms with E-state index in [0.717, 1.165) is 64.2 Å². The lowest BCUT2D eigenvalue weighted by atomic mass is 9.94. The molecule has 5 nitrogen and oxygen atoms in total. The fraction of sp³-hybridized carbons (Fsp3) is 0.742. The van der Waals surface area contributed by atoms with Gasteiger partial charge in [0.25, 0.3) is 0 Å². The number of nitrogens with zero attached hydrogens (tertiary/aromatic N) is 2. The lowest BCUT2D eigenvalue weighted by Crippen LogP contribution is -2.33. The van der Waals surface area contributed by atoms with Gasteiger partial charge in [-0.15, -0.1) is 0 Å². The highest BCUT2D eigenvalue weighted by Crippen LogP contribution is 2.27. The molecule has 2 heterocycles. The zero-order chi connectivity index (χ0) is 28.3. The molecule has 2 aliphatic heterocycles. The molecule has 0 radical (unpaired) electrons. The first-order valence-electron chi connectivity index (χ1n) is 14.5. The third-order valence-electron chi connectivity index (χ3n) is 6.03. The first-order valence-corrected chi connectivity index (χ1v) is 14.5. The van der Waals surface area contributed by atoms with Crippen LogP contribution < -0.4 is 0 Å². The Labute approximate surface area is 228 Å². The van der Waals surface area contributed by atoms with Gasteiger partial charge >= 0.3 is 0 Å². The van der Waals surface area contributed by atoms with Gasteiger partial charge < -0.3 is 24.4 Å². The van der Waals surface area contributed by atoms with Crippen LogP contribution in [0.2, 0.25) is 0 Å². The number of carbonyl (C=O) groups is 1. The molecule has 0 aromatic carbocycles. The number of aliphatic hydroxyl groups is 1. The molecule has 3 rings (SSSR count). The first-order chi connectivity index (χ1) is 18.0. The van der Waals surface area contributed by atoms with Crippen LogP contribution in [0.1, 0.15) is 92.9 Å².